The highest BCUT2D eigenvalue weighted by Crippen LogP contribution is 2.50. The Labute approximate surface area is 195 Å². The molecule has 0 saturated carbocycles. The van der Waals surface area contributed by atoms with Crippen molar-refractivity contribution in [1.82, 2.24) is 0 Å². The van der Waals surface area contributed by atoms with E-state index in [9.17, 15) is 10.1 Å². The second-order valence-corrected chi connectivity index (χ2v) is 10.7. The zero-order valence-corrected chi connectivity index (χ0v) is 20.0. The minimum absolute atomic E-state index is 0.0233. The summed E-state index contributed by atoms with van der Waals surface area (Å²) in [6, 6.07) is 22.8. The summed E-state index contributed by atoms with van der Waals surface area (Å²) in [6.07, 6.45) is 2.09. The molecule has 0 N–H and O–H groups in total. The number of fused-ring (bicyclic) bond motifs is 3. The summed E-state index contributed by atoms with van der Waals surface area (Å²) in [4.78, 5) is 14.0. The highest BCUT2D eigenvalue weighted by atomic mass is 16.6. The van der Waals surface area contributed by atoms with Crippen LogP contribution in [0.25, 0.3) is 21.5 Å². The molecule has 5 rings (SSSR count). The van der Waals surface area contributed by atoms with Crippen LogP contribution in [0.5, 0.6) is 0 Å². The number of hydrogen-bond donors (Lipinski definition) is 0. The van der Waals surface area contributed by atoms with Gasteiger partial charge < -0.3 is 4.90 Å². The van der Waals surface area contributed by atoms with Crippen LogP contribution in [0.4, 0.5) is 17.1 Å². The molecule has 168 valence electrons. The summed E-state index contributed by atoms with van der Waals surface area (Å²) < 4.78 is 0. The van der Waals surface area contributed by atoms with Crippen LogP contribution in [0, 0.1) is 10.1 Å². The molecule has 0 amide bonds. The molecule has 4 nitrogen and oxygen atoms in total. The summed E-state index contributed by atoms with van der Waals surface area (Å²) in [7, 11) is 1.94. The first-order valence-corrected chi connectivity index (χ1v) is 11.6. The maximum absolute atomic E-state index is 12.2. The van der Waals surface area contributed by atoms with Crippen LogP contribution in [-0.4, -0.2) is 12.0 Å². The van der Waals surface area contributed by atoms with Gasteiger partial charge in [0.1, 0.15) is 5.69 Å². The molecule has 1 aliphatic carbocycles. The Hall–Kier alpha value is -3.40. The average molecular weight is 439 g/mol. The van der Waals surface area contributed by atoms with Gasteiger partial charge in [0.05, 0.1) is 4.92 Å². The Morgan fingerprint density at radius 2 is 1.33 bits per heavy atom. The summed E-state index contributed by atoms with van der Waals surface area (Å²) >= 11 is 0. The second kappa shape index (κ2) is 7.31. The lowest BCUT2D eigenvalue weighted by Gasteiger charge is -2.42. The third-order valence-corrected chi connectivity index (χ3v) is 7.59. The van der Waals surface area contributed by atoms with Crippen molar-refractivity contribution in [1.29, 1.82) is 0 Å². The van der Waals surface area contributed by atoms with Crippen LogP contribution < -0.4 is 4.90 Å². The molecule has 0 spiro atoms. The molecule has 0 bridgehead atoms. The molecule has 0 aliphatic heterocycles. The Morgan fingerprint density at radius 1 is 0.758 bits per heavy atom. The van der Waals surface area contributed by atoms with E-state index in [0.29, 0.717) is 5.69 Å². The van der Waals surface area contributed by atoms with Crippen LogP contribution in [0.2, 0.25) is 0 Å². The molecule has 4 aromatic rings. The van der Waals surface area contributed by atoms with Crippen LogP contribution in [-0.2, 0) is 10.8 Å². The van der Waals surface area contributed by atoms with Gasteiger partial charge in [-0.1, -0.05) is 64.1 Å². The van der Waals surface area contributed by atoms with Crippen molar-refractivity contribution >= 4 is 38.6 Å². The van der Waals surface area contributed by atoms with Crippen molar-refractivity contribution in [3.05, 3.63) is 88.0 Å². The molecule has 0 fully saturated rings. The van der Waals surface area contributed by atoms with Gasteiger partial charge in [-0.3, -0.25) is 10.1 Å². The SMILES string of the molecule is CN(c1cc2c(cc1[N+](=O)[O-])C(C)(C)CCC2(C)C)c1cccc2cc3ccccc3cc12. The first-order chi connectivity index (χ1) is 15.6. The lowest BCUT2D eigenvalue weighted by Crippen LogP contribution is -2.34. The van der Waals surface area contributed by atoms with E-state index in [1.54, 1.807) is 0 Å². The number of benzene rings is 4. The van der Waals surface area contributed by atoms with Gasteiger partial charge in [0.2, 0.25) is 0 Å². The monoisotopic (exact) mass is 438 g/mol. The van der Waals surface area contributed by atoms with Gasteiger partial charge in [-0.25, -0.2) is 0 Å². The van der Waals surface area contributed by atoms with Crippen molar-refractivity contribution in [2.75, 3.05) is 11.9 Å². The van der Waals surface area contributed by atoms with Gasteiger partial charge >= 0.3 is 0 Å². The van der Waals surface area contributed by atoms with Crippen LogP contribution in [0.15, 0.2) is 66.7 Å². The van der Waals surface area contributed by atoms with E-state index >= 15 is 0 Å². The van der Waals surface area contributed by atoms with Crippen molar-refractivity contribution in [3.8, 4) is 0 Å². The van der Waals surface area contributed by atoms with Gasteiger partial charge in [0.15, 0.2) is 0 Å². The number of nitro benzene ring substituents is 1. The molecule has 4 aromatic carbocycles. The molecule has 4 heteroatoms. The van der Waals surface area contributed by atoms with Crippen molar-refractivity contribution in [3.63, 3.8) is 0 Å². The van der Waals surface area contributed by atoms with E-state index in [2.05, 4.69) is 70.2 Å². The number of nitro groups is 1. The van der Waals surface area contributed by atoms with E-state index in [4.69, 9.17) is 0 Å². The largest absolute Gasteiger partial charge is 0.339 e. The predicted molar refractivity (Wildman–Crippen MR) is 138 cm³/mol. The molecular weight excluding hydrogens is 408 g/mol. The minimum atomic E-state index is -0.232. The summed E-state index contributed by atoms with van der Waals surface area (Å²) in [5, 5.41) is 16.8. The number of nitrogens with zero attached hydrogens (tertiary/aromatic N) is 2. The molecule has 0 radical (unpaired) electrons. The predicted octanol–water partition coefficient (Wildman–Crippen LogP) is 8.02. The maximum atomic E-state index is 12.2. The summed E-state index contributed by atoms with van der Waals surface area (Å²) in [5.41, 5.74) is 4.00. The lowest BCUT2D eigenvalue weighted by atomic mass is 9.63. The summed E-state index contributed by atoms with van der Waals surface area (Å²) in [5.74, 6) is 0. The van der Waals surface area contributed by atoms with Crippen LogP contribution in [0.3, 0.4) is 0 Å². The van der Waals surface area contributed by atoms with Gasteiger partial charge in [0, 0.05) is 24.2 Å². The van der Waals surface area contributed by atoms with E-state index in [1.807, 2.05) is 36.2 Å². The quantitative estimate of drug-likeness (QED) is 0.185. The Morgan fingerprint density at radius 3 is 1.97 bits per heavy atom. The Kier molecular flexibility index (Phi) is 4.75. The van der Waals surface area contributed by atoms with E-state index in [-0.39, 0.29) is 21.4 Å². The molecular formula is C29H30N2O2. The second-order valence-electron chi connectivity index (χ2n) is 10.7. The van der Waals surface area contributed by atoms with Crippen molar-refractivity contribution in [2.45, 2.75) is 51.4 Å². The zero-order chi connectivity index (χ0) is 23.5. The fraction of sp³-hybridized carbons (Fsp3) is 0.310. The third-order valence-electron chi connectivity index (χ3n) is 7.59. The molecule has 0 heterocycles. The molecule has 0 unspecified atom stereocenters. The molecule has 0 atom stereocenters. The Bertz CT molecular complexity index is 1420. The fourth-order valence-corrected chi connectivity index (χ4v) is 5.38. The first kappa shape index (κ1) is 21.4. The summed E-state index contributed by atoms with van der Waals surface area (Å²) in [6.45, 7) is 8.90. The zero-order valence-electron chi connectivity index (χ0n) is 20.0. The minimum Gasteiger partial charge on any atom is -0.339 e. The van der Waals surface area contributed by atoms with Crippen molar-refractivity contribution in [2.24, 2.45) is 0 Å². The smallest absolute Gasteiger partial charge is 0.293 e. The lowest BCUT2D eigenvalue weighted by molar-refractivity contribution is -0.384. The molecule has 33 heavy (non-hydrogen) atoms. The number of anilines is 2. The van der Waals surface area contributed by atoms with E-state index in [0.717, 1.165) is 40.3 Å². The van der Waals surface area contributed by atoms with Crippen molar-refractivity contribution < 1.29 is 4.92 Å². The number of hydrogen-bond acceptors (Lipinski definition) is 3. The third kappa shape index (κ3) is 3.45. The van der Waals surface area contributed by atoms with E-state index in [1.165, 1.54) is 10.9 Å². The van der Waals surface area contributed by atoms with Gasteiger partial charge in [0.25, 0.3) is 5.69 Å². The highest BCUT2D eigenvalue weighted by Gasteiger charge is 2.39. The first-order valence-electron chi connectivity index (χ1n) is 11.6. The highest BCUT2D eigenvalue weighted by molar-refractivity contribution is 6.05. The van der Waals surface area contributed by atoms with Gasteiger partial charge in [-0.2, -0.15) is 0 Å². The normalized spacial score (nSPS) is 16.5. The van der Waals surface area contributed by atoms with Gasteiger partial charge in [-0.05, 0) is 75.2 Å². The fourth-order valence-electron chi connectivity index (χ4n) is 5.38. The van der Waals surface area contributed by atoms with Crippen LogP contribution >= 0.6 is 0 Å². The average Bonchev–Trinajstić information content (AvgIpc) is 2.79. The molecule has 0 saturated heterocycles. The molecule has 1 aliphatic rings. The standard InChI is InChI=1S/C29H30N2O2/c1-28(2)13-14-29(3,4)24-18-27(31(32)33)26(17-23(24)28)30(5)25-12-8-11-21-15-19-9-6-7-10-20(19)16-22(21)25/h6-12,15-18H,13-14H2,1-5H3. The topological polar surface area (TPSA) is 46.4 Å². The number of rotatable bonds is 3. The van der Waals surface area contributed by atoms with E-state index < -0.39 is 0 Å². The Balaban J connectivity index is 1.75. The van der Waals surface area contributed by atoms with Crippen LogP contribution in [0.1, 0.15) is 51.7 Å². The molecule has 0 aromatic heterocycles. The maximum Gasteiger partial charge on any atom is 0.293 e. The van der Waals surface area contributed by atoms with Gasteiger partial charge in [-0.15, -0.1) is 0 Å².